The van der Waals surface area contributed by atoms with Gasteiger partial charge in [0.05, 0.1) is 16.8 Å². The topological polar surface area (TPSA) is 57.7 Å². The standard InChI is InChI=1S/C20H18N2O3S/c23-18(21-11-5-13-26-17-9-4-3-8-16(17)21)10-12-22-19(24)14-6-1-2-7-15(14)20(22)25/h1-4,6-9H,5,10-13H2. The van der Waals surface area contributed by atoms with Gasteiger partial charge in [-0.25, -0.2) is 0 Å². The van der Waals surface area contributed by atoms with Crippen LogP contribution in [-0.4, -0.2) is 41.5 Å². The third-order valence-electron chi connectivity index (χ3n) is 4.67. The molecule has 0 N–H and O–H groups in total. The SMILES string of the molecule is O=C1c2ccccc2C(=O)N1CCC(=O)N1CCCSc2ccccc21. The third-order valence-corrected chi connectivity index (χ3v) is 5.82. The number of anilines is 1. The molecule has 6 heteroatoms. The number of rotatable bonds is 3. The molecule has 132 valence electrons. The van der Waals surface area contributed by atoms with Gasteiger partial charge in [-0.2, -0.15) is 0 Å². The summed E-state index contributed by atoms with van der Waals surface area (Å²) in [5.41, 5.74) is 1.75. The normalized spacial score (nSPS) is 16.3. The van der Waals surface area contributed by atoms with Crippen molar-refractivity contribution in [3.63, 3.8) is 0 Å². The Balaban J connectivity index is 1.48. The van der Waals surface area contributed by atoms with Crippen LogP contribution in [0.3, 0.4) is 0 Å². The predicted molar refractivity (Wildman–Crippen MR) is 101 cm³/mol. The van der Waals surface area contributed by atoms with Gasteiger partial charge in [0.1, 0.15) is 0 Å². The van der Waals surface area contributed by atoms with E-state index in [1.54, 1.807) is 40.9 Å². The lowest BCUT2D eigenvalue weighted by Gasteiger charge is -2.23. The van der Waals surface area contributed by atoms with Crippen LogP contribution in [0.5, 0.6) is 0 Å². The Bertz CT molecular complexity index is 861. The van der Waals surface area contributed by atoms with Crippen LogP contribution in [-0.2, 0) is 4.79 Å². The lowest BCUT2D eigenvalue weighted by atomic mass is 10.1. The second-order valence-corrected chi connectivity index (χ2v) is 7.41. The molecule has 0 saturated carbocycles. The average Bonchev–Trinajstić information content (AvgIpc) is 2.82. The van der Waals surface area contributed by atoms with E-state index in [-0.39, 0.29) is 30.7 Å². The number of benzene rings is 2. The van der Waals surface area contributed by atoms with E-state index >= 15 is 0 Å². The number of fused-ring (bicyclic) bond motifs is 2. The van der Waals surface area contributed by atoms with Crippen molar-refractivity contribution in [2.45, 2.75) is 17.7 Å². The largest absolute Gasteiger partial charge is 0.311 e. The van der Waals surface area contributed by atoms with Crippen LogP contribution >= 0.6 is 11.8 Å². The molecule has 0 aliphatic carbocycles. The fourth-order valence-electron chi connectivity index (χ4n) is 3.37. The summed E-state index contributed by atoms with van der Waals surface area (Å²) in [4.78, 5) is 41.7. The smallest absolute Gasteiger partial charge is 0.261 e. The first-order valence-electron chi connectivity index (χ1n) is 8.64. The first-order chi connectivity index (χ1) is 12.7. The van der Waals surface area contributed by atoms with Gasteiger partial charge in [0, 0.05) is 24.4 Å². The Hall–Kier alpha value is -2.60. The number of hydrogen-bond donors (Lipinski definition) is 0. The number of thioether (sulfide) groups is 1. The van der Waals surface area contributed by atoms with E-state index < -0.39 is 0 Å². The molecule has 0 saturated heterocycles. The molecule has 26 heavy (non-hydrogen) atoms. The Kier molecular flexibility index (Phi) is 4.51. The lowest BCUT2D eigenvalue weighted by molar-refractivity contribution is -0.118. The molecule has 2 aliphatic heterocycles. The Morgan fingerprint density at radius 1 is 0.962 bits per heavy atom. The molecule has 2 aliphatic rings. The Labute approximate surface area is 156 Å². The summed E-state index contributed by atoms with van der Waals surface area (Å²) in [6.45, 7) is 0.766. The minimum Gasteiger partial charge on any atom is -0.311 e. The maximum atomic E-state index is 12.8. The first-order valence-corrected chi connectivity index (χ1v) is 9.63. The second kappa shape index (κ2) is 6.96. The van der Waals surface area contributed by atoms with Crippen molar-refractivity contribution in [1.29, 1.82) is 0 Å². The fourth-order valence-corrected chi connectivity index (χ4v) is 4.37. The van der Waals surface area contributed by atoms with Gasteiger partial charge >= 0.3 is 0 Å². The number of carbonyl (C=O) groups excluding carboxylic acids is 3. The summed E-state index contributed by atoms with van der Waals surface area (Å²) in [6.07, 6.45) is 1.04. The molecule has 4 rings (SSSR count). The van der Waals surface area contributed by atoms with Gasteiger partial charge in [0.25, 0.3) is 11.8 Å². The Morgan fingerprint density at radius 2 is 1.62 bits per heavy atom. The second-order valence-electron chi connectivity index (χ2n) is 6.27. The van der Waals surface area contributed by atoms with Crippen LogP contribution in [0.2, 0.25) is 0 Å². The molecular weight excluding hydrogens is 348 g/mol. The molecule has 0 fully saturated rings. The van der Waals surface area contributed by atoms with Crippen molar-refractivity contribution in [3.05, 3.63) is 59.7 Å². The highest BCUT2D eigenvalue weighted by Crippen LogP contribution is 2.34. The summed E-state index contributed by atoms with van der Waals surface area (Å²) in [7, 11) is 0. The monoisotopic (exact) mass is 366 g/mol. The molecule has 0 atom stereocenters. The maximum absolute atomic E-state index is 12.8. The zero-order valence-electron chi connectivity index (χ0n) is 14.2. The first kappa shape index (κ1) is 16.8. The number of amides is 3. The van der Waals surface area contributed by atoms with Crippen LogP contribution < -0.4 is 4.90 Å². The van der Waals surface area contributed by atoms with Crippen LogP contribution in [0.4, 0.5) is 5.69 Å². The highest BCUT2D eigenvalue weighted by molar-refractivity contribution is 7.99. The molecule has 0 spiro atoms. The number of imide groups is 1. The summed E-state index contributed by atoms with van der Waals surface area (Å²) in [5.74, 6) is 0.283. The minimum atomic E-state index is -0.315. The van der Waals surface area contributed by atoms with Crippen molar-refractivity contribution < 1.29 is 14.4 Å². The highest BCUT2D eigenvalue weighted by Gasteiger charge is 2.35. The van der Waals surface area contributed by atoms with E-state index in [2.05, 4.69) is 0 Å². The van der Waals surface area contributed by atoms with Gasteiger partial charge in [0.15, 0.2) is 0 Å². The number of carbonyl (C=O) groups is 3. The molecule has 2 aromatic carbocycles. The van der Waals surface area contributed by atoms with Crippen LogP contribution in [0, 0.1) is 0 Å². The van der Waals surface area contributed by atoms with Crippen molar-refractivity contribution in [1.82, 2.24) is 4.90 Å². The van der Waals surface area contributed by atoms with E-state index in [9.17, 15) is 14.4 Å². The van der Waals surface area contributed by atoms with Gasteiger partial charge in [0.2, 0.25) is 5.91 Å². The minimum absolute atomic E-state index is 0.0588. The van der Waals surface area contributed by atoms with E-state index in [4.69, 9.17) is 0 Å². The van der Waals surface area contributed by atoms with E-state index in [1.165, 1.54) is 4.90 Å². The molecule has 0 bridgehead atoms. The van der Waals surface area contributed by atoms with Crippen LogP contribution in [0.15, 0.2) is 53.4 Å². The predicted octanol–water partition coefficient (Wildman–Crippen LogP) is 3.20. The summed E-state index contributed by atoms with van der Waals surface area (Å²) in [5, 5.41) is 0. The van der Waals surface area contributed by atoms with Crippen LogP contribution in [0.1, 0.15) is 33.6 Å². The lowest BCUT2D eigenvalue weighted by Crippen LogP contribution is -2.37. The maximum Gasteiger partial charge on any atom is 0.261 e. The average molecular weight is 366 g/mol. The Morgan fingerprint density at radius 3 is 2.35 bits per heavy atom. The number of para-hydroxylation sites is 1. The zero-order valence-corrected chi connectivity index (χ0v) is 15.0. The zero-order chi connectivity index (χ0) is 18.1. The van der Waals surface area contributed by atoms with Gasteiger partial charge in [-0.05, 0) is 36.4 Å². The van der Waals surface area contributed by atoms with Gasteiger partial charge < -0.3 is 4.90 Å². The summed E-state index contributed by atoms with van der Waals surface area (Å²) >= 11 is 1.75. The molecule has 2 heterocycles. The van der Waals surface area contributed by atoms with Gasteiger partial charge in [-0.1, -0.05) is 24.3 Å². The third kappa shape index (κ3) is 2.90. The number of hydrogen-bond acceptors (Lipinski definition) is 4. The molecule has 0 aromatic heterocycles. The number of nitrogens with zero attached hydrogens (tertiary/aromatic N) is 2. The molecule has 3 amide bonds. The van der Waals surface area contributed by atoms with E-state index in [1.807, 2.05) is 24.3 Å². The quantitative estimate of drug-likeness (QED) is 0.783. The van der Waals surface area contributed by atoms with E-state index in [0.29, 0.717) is 17.7 Å². The van der Waals surface area contributed by atoms with Crippen LogP contribution in [0.25, 0.3) is 0 Å². The summed E-state index contributed by atoms with van der Waals surface area (Å²) < 4.78 is 0. The van der Waals surface area contributed by atoms with Crippen molar-refractivity contribution in [3.8, 4) is 0 Å². The molecule has 5 nitrogen and oxygen atoms in total. The van der Waals surface area contributed by atoms with E-state index in [0.717, 1.165) is 22.8 Å². The molecule has 0 radical (unpaired) electrons. The fraction of sp³-hybridized carbons (Fsp3) is 0.250. The van der Waals surface area contributed by atoms with Gasteiger partial charge in [-0.3, -0.25) is 19.3 Å². The molecule has 2 aromatic rings. The molecule has 0 unspecified atom stereocenters. The van der Waals surface area contributed by atoms with Crippen molar-refractivity contribution >= 4 is 35.2 Å². The highest BCUT2D eigenvalue weighted by atomic mass is 32.2. The van der Waals surface area contributed by atoms with Crippen molar-refractivity contribution in [2.75, 3.05) is 23.7 Å². The molecular formula is C20H18N2O3S. The van der Waals surface area contributed by atoms with Gasteiger partial charge in [-0.15, -0.1) is 11.8 Å². The van der Waals surface area contributed by atoms with Crippen molar-refractivity contribution in [2.24, 2.45) is 0 Å². The summed E-state index contributed by atoms with van der Waals surface area (Å²) in [6, 6.07) is 14.7.